The summed E-state index contributed by atoms with van der Waals surface area (Å²) < 4.78 is 0. The molecule has 34 heavy (non-hydrogen) atoms. The molecular formula is C26H33Cl2N3O2S. The molecule has 0 aliphatic heterocycles. The van der Waals surface area contributed by atoms with Crippen LogP contribution in [0.15, 0.2) is 53.4 Å². The van der Waals surface area contributed by atoms with E-state index in [4.69, 9.17) is 16.5 Å². The monoisotopic (exact) mass is 521 g/mol. The molecule has 0 radical (unpaired) electrons. The Hall–Kier alpha value is -2.09. The van der Waals surface area contributed by atoms with Crippen LogP contribution in [-0.4, -0.2) is 16.1 Å². The van der Waals surface area contributed by atoms with E-state index in [-0.39, 0.29) is 30.4 Å². The fourth-order valence-electron chi connectivity index (χ4n) is 3.83. The number of aromatic nitrogens is 1. The molecule has 0 aliphatic carbocycles. The van der Waals surface area contributed by atoms with E-state index in [1.165, 1.54) is 0 Å². The first kappa shape index (κ1) is 29.9. The number of hydrogen-bond donors (Lipinski definition) is 3. The zero-order valence-electron chi connectivity index (χ0n) is 19.7. The first-order valence-corrected chi connectivity index (χ1v) is 11.8. The quantitative estimate of drug-likeness (QED) is 0.298. The Morgan fingerprint density at radius 1 is 1.03 bits per heavy atom. The van der Waals surface area contributed by atoms with Crippen molar-refractivity contribution in [2.24, 2.45) is 17.4 Å². The fourth-order valence-corrected chi connectivity index (χ4v) is 4.88. The van der Waals surface area contributed by atoms with Crippen molar-refractivity contribution in [2.45, 2.75) is 50.9 Å². The van der Waals surface area contributed by atoms with Crippen molar-refractivity contribution in [3.05, 3.63) is 82.2 Å². The number of benzene rings is 2. The van der Waals surface area contributed by atoms with Gasteiger partial charge in [-0.25, -0.2) is 4.79 Å². The summed E-state index contributed by atoms with van der Waals surface area (Å²) >= 11 is 1.61. The van der Waals surface area contributed by atoms with Crippen molar-refractivity contribution in [3.63, 3.8) is 0 Å². The van der Waals surface area contributed by atoms with Gasteiger partial charge in [-0.3, -0.25) is 4.98 Å². The molecule has 1 heterocycles. The summed E-state index contributed by atoms with van der Waals surface area (Å²) in [6.07, 6.45) is 0.870. The number of carboxylic acids is 1. The number of hydrogen-bond acceptors (Lipinski definition) is 5. The molecule has 3 rings (SSSR count). The normalized spacial score (nSPS) is 10.5. The minimum Gasteiger partial charge on any atom is -0.478 e. The first-order chi connectivity index (χ1) is 15.3. The Bertz CT molecular complexity index is 1110. The summed E-state index contributed by atoms with van der Waals surface area (Å²) in [4.78, 5) is 17.2. The Labute approximate surface area is 218 Å². The van der Waals surface area contributed by atoms with E-state index in [9.17, 15) is 9.90 Å². The van der Waals surface area contributed by atoms with Gasteiger partial charge in [0.15, 0.2) is 0 Å². The maximum absolute atomic E-state index is 11.3. The number of aromatic carboxylic acids is 1. The zero-order chi connectivity index (χ0) is 23.3. The van der Waals surface area contributed by atoms with E-state index in [1.54, 1.807) is 30.0 Å². The lowest BCUT2D eigenvalue weighted by atomic mass is 9.90. The summed E-state index contributed by atoms with van der Waals surface area (Å²) in [5.41, 5.74) is 19.9. The minimum absolute atomic E-state index is 0. The van der Waals surface area contributed by atoms with Crippen LogP contribution in [0.25, 0.3) is 11.1 Å². The molecule has 0 amide bonds. The fraction of sp³-hybridized carbons (Fsp3) is 0.308. The van der Waals surface area contributed by atoms with Crippen LogP contribution < -0.4 is 11.5 Å². The topological polar surface area (TPSA) is 102 Å². The van der Waals surface area contributed by atoms with Crippen LogP contribution in [-0.2, 0) is 25.3 Å². The van der Waals surface area contributed by atoms with Gasteiger partial charge >= 0.3 is 5.97 Å². The molecule has 0 atom stereocenters. The molecule has 1 aromatic heterocycles. The van der Waals surface area contributed by atoms with Gasteiger partial charge in [-0.1, -0.05) is 44.2 Å². The molecule has 0 bridgehead atoms. The number of aryl methyl sites for hydroxylation is 1. The summed E-state index contributed by atoms with van der Waals surface area (Å²) in [6, 6.07) is 15.4. The molecule has 5 N–H and O–H groups in total. The highest BCUT2D eigenvalue weighted by Gasteiger charge is 2.19. The van der Waals surface area contributed by atoms with Crippen molar-refractivity contribution in [2.75, 3.05) is 0 Å². The number of pyridine rings is 1. The van der Waals surface area contributed by atoms with Gasteiger partial charge in [-0.05, 0) is 65.3 Å². The lowest BCUT2D eigenvalue weighted by molar-refractivity contribution is 0.0696. The lowest BCUT2D eigenvalue weighted by Crippen LogP contribution is -2.13. The highest BCUT2D eigenvalue weighted by atomic mass is 35.5. The number of nitrogens with two attached hydrogens (primary N) is 2. The molecule has 2 aromatic carbocycles. The molecule has 3 aromatic rings. The van der Waals surface area contributed by atoms with Gasteiger partial charge in [-0.15, -0.1) is 36.6 Å². The van der Waals surface area contributed by atoms with Crippen LogP contribution in [0.2, 0.25) is 0 Å². The van der Waals surface area contributed by atoms with Gasteiger partial charge in [0.25, 0.3) is 0 Å². The average molecular weight is 523 g/mol. The standard InChI is InChI=1S/C26H31N3O2S.2ClH/c1-16(2)11-24-22(14-28)25(19-9-7-18(13-27)8-10-19)23(17(3)29-24)15-32-21-6-4-5-20(12-21)26(30)31;;/h4-10,12,16H,11,13-15,27-28H2,1-3H3,(H,30,31);2*1H. The first-order valence-electron chi connectivity index (χ1n) is 10.8. The third kappa shape index (κ3) is 7.20. The van der Waals surface area contributed by atoms with Crippen LogP contribution in [0.5, 0.6) is 0 Å². The highest BCUT2D eigenvalue weighted by Crippen LogP contribution is 2.36. The number of nitrogens with zero attached hydrogens (tertiary/aromatic N) is 1. The molecule has 184 valence electrons. The van der Waals surface area contributed by atoms with Gasteiger partial charge in [0, 0.05) is 35.1 Å². The Kier molecular flexibility index (Phi) is 12.1. The molecular weight excluding hydrogens is 489 g/mol. The van der Waals surface area contributed by atoms with Crippen molar-refractivity contribution < 1.29 is 9.90 Å². The maximum Gasteiger partial charge on any atom is 0.335 e. The zero-order valence-corrected chi connectivity index (χ0v) is 22.2. The molecule has 8 heteroatoms. The van der Waals surface area contributed by atoms with E-state index in [0.717, 1.165) is 50.5 Å². The molecule has 0 fully saturated rings. The largest absolute Gasteiger partial charge is 0.478 e. The van der Waals surface area contributed by atoms with Gasteiger partial charge < -0.3 is 16.6 Å². The number of carbonyl (C=O) groups is 1. The predicted molar refractivity (Wildman–Crippen MR) is 146 cm³/mol. The second-order valence-corrected chi connectivity index (χ2v) is 9.35. The number of carboxylic acid groups (broad SMARTS) is 1. The maximum atomic E-state index is 11.3. The van der Waals surface area contributed by atoms with Crippen molar-refractivity contribution >= 4 is 42.5 Å². The summed E-state index contributed by atoms with van der Waals surface area (Å²) in [7, 11) is 0. The van der Waals surface area contributed by atoms with Crippen LogP contribution in [0.1, 0.15) is 52.3 Å². The summed E-state index contributed by atoms with van der Waals surface area (Å²) in [6.45, 7) is 7.33. The smallest absolute Gasteiger partial charge is 0.335 e. The van der Waals surface area contributed by atoms with Gasteiger partial charge in [-0.2, -0.15) is 0 Å². The summed E-state index contributed by atoms with van der Waals surface area (Å²) in [5, 5.41) is 9.30. The number of halogens is 2. The van der Waals surface area contributed by atoms with E-state index >= 15 is 0 Å². The average Bonchev–Trinajstić information content (AvgIpc) is 2.78. The van der Waals surface area contributed by atoms with Crippen LogP contribution >= 0.6 is 36.6 Å². The van der Waals surface area contributed by atoms with E-state index < -0.39 is 5.97 Å². The molecule has 5 nitrogen and oxygen atoms in total. The van der Waals surface area contributed by atoms with Crippen LogP contribution in [0.3, 0.4) is 0 Å². The third-order valence-corrected chi connectivity index (χ3v) is 6.46. The Morgan fingerprint density at radius 2 is 1.71 bits per heavy atom. The number of thioether (sulfide) groups is 1. The number of rotatable bonds is 9. The Morgan fingerprint density at radius 3 is 2.26 bits per heavy atom. The molecule has 0 saturated carbocycles. The van der Waals surface area contributed by atoms with E-state index in [2.05, 4.69) is 38.1 Å². The predicted octanol–water partition coefficient (Wildman–Crippen LogP) is 6.01. The van der Waals surface area contributed by atoms with Crippen LogP contribution in [0, 0.1) is 12.8 Å². The van der Waals surface area contributed by atoms with Gasteiger partial charge in [0.1, 0.15) is 0 Å². The minimum atomic E-state index is -0.922. The third-order valence-electron chi connectivity index (χ3n) is 5.44. The van der Waals surface area contributed by atoms with Gasteiger partial charge in [0.05, 0.1) is 5.56 Å². The summed E-state index contributed by atoms with van der Waals surface area (Å²) in [5.74, 6) is 0.221. The molecule has 0 aliphatic rings. The SMILES string of the molecule is Cc1nc(CC(C)C)c(CN)c(-c2ccc(CN)cc2)c1CSc1cccc(C(=O)O)c1.Cl.Cl. The van der Waals surface area contributed by atoms with Crippen molar-refractivity contribution in [1.29, 1.82) is 0 Å². The van der Waals surface area contributed by atoms with Crippen LogP contribution in [0.4, 0.5) is 0 Å². The van der Waals surface area contributed by atoms with Crippen molar-refractivity contribution in [3.8, 4) is 11.1 Å². The Balaban J connectivity index is 0.00000289. The second-order valence-electron chi connectivity index (χ2n) is 8.30. The van der Waals surface area contributed by atoms with Crippen molar-refractivity contribution in [1.82, 2.24) is 4.98 Å². The van der Waals surface area contributed by atoms with E-state index in [1.807, 2.05) is 13.0 Å². The van der Waals surface area contributed by atoms with Gasteiger partial charge in [0.2, 0.25) is 0 Å². The van der Waals surface area contributed by atoms with E-state index in [0.29, 0.717) is 24.8 Å². The molecule has 0 saturated heterocycles. The molecule has 0 unspecified atom stereocenters. The molecule has 0 spiro atoms. The highest BCUT2D eigenvalue weighted by molar-refractivity contribution is 7.98. The lowest BCUT2D eigenvalue weighted by Gasteiger charge is -2.21. The second kappa shape index (κ2) is 13.7.